The van der Waals surface area contributed by atoms with Gasteiger partial charge in [0.15, 0.2) is 11.5 Å². The molecule has 0 saturated heterocycles. The number of nitrogens with zero attached hydrogens (tertiary/aromatic N) is 3. The van der Waals surface area contributed by atoms with E-state index in [-0.39, 0.29) is 5.82 Å². The zero-order valence-corrected chi connectivity index (χ0v) is 18.7. The first-order valence-corrected chi connectivity index (χ1v) is 10.3. The summed E-state index contributed by atoms with van der Waals surface area (Å²) >= 11 is 1.45. The number of thiazole rings is 1. The fraction of sp³-hybridized carbons (Fsp3) is 0.217. The average Bonchev–Trinajstić information content (AvgIpc) is 3.19. The Morgan fingerprint density at radius 2 is 1.74 bits per heavy atom. The second kappa shape index (κ2) is 10.1. The van der Waals surface area contributed by atoms with Gasteiger partial charge < -0.3 is 14.2 Å². The van der Waals surface area contributed by atoms with E-state index in [9.17, 15) is 4.39 Å². The molecular weight excluding hydrogens is 417 g/mol. The summed E-state index contributed by atoms with van der Waals surface area (Å²) in [5.74, 6) is 1.30. The molecule has 0 bridgehead atoms. The molecule has 0 N–H and O–H groups in total. The lowest BCUT2D eigenvalue weighted by Gasteiger charge is -2.14. The van der Waals surface area contributed by atoms with Gasteiger partial charge in [-0.25, -0.2) is 9.07 Å². The van der Waals surface area contributed by atoms with Crippen LogP contribution in [0.4, 0.5) is 4.39 Å². The Bertz CT molecular complexity index is 1140. The van der Waals surface area contributed by atoms with E-state index in [1.54, 1.807) is 44.2 Å². The van der Waals surface area contributed by atoms with E-state index < -0.39 is 0 Å². The van der Waals surface area contributed by atoms with E-state index in [2.05, 4.69) is 11.6 Å². The van der Waals surface area contributed by atoms with Crippen molar-refractivity contribution in [3.05, 3.63) is 70.6 Å². The van der Waals surface area contributed by atoms with Crippen molar-refractivity contribution in [2.45, 2.75) is 6.92 Å². The van der Waals surface area contributed by atoms with Crippen LogP contribution < -0.4 is 19.0 Å². The van der Waals surface area contributed by atoms with E-state index >= 15 is 0 Å². The van der Waals surface area contributed by atoms with Crippen LogP contribution in [-0.2, 0) is 0 Å². The molecule has 0 radical (unpaired) electrons. The first-order chi connectivity index (χ1) is 15.0. The maximum Gasteiger partial charge on any atom is 0.206 e. The number of methoxy groups -OCH3 is 3. The third-order valence-electron chi connectivity index (χ3n) is 4.51. The molecule has 0 amide bonds. The van der Waals surface area contributed by atoms with Gasteiger partial charge in [0.1, 0.15) is 5.82 Å². The summed E-state index contributed by atoms with van der Waals surface area (Å²) in [6.07, 6.45) is 1.72. The second-order valence-electron chi connectivity index (χ2n) is 6.45. The summed E-state index contributed by atoms with van der Waals surface area (Å²) in [6.45, 7) is 6.07. The summed E-state index contributed by atoms with van der Waals surface area (Å²) in [7, 11) is 4.70. The van der Waals surface area contributed by atoms with Crippen LogP contribution in [0, 0.1) is 5.82 Å². The molecule has 3 rings (SSSR count). The van der Waals surface area contributed by atoms with Crippen LogP contribution in [0.25, 0.3) is 11.3 Å². The molecule has 0 atom stereocenters. The van der Waals surface area contributed by atoms with Gasteiger partial charge in [-0.2, -0.15) is 5.10 Å². The molecular formula is C23H24FN3O3S. The lowest BCUT2D eigenvalue weighted by Crippen LogP contribution is -2.14. The monoisotopic (exact) mass is 441 g/mol. The Balaban J connectivity index is 2.17. The lowest BCUT2D eigenvalue weighted by atomic mass is 10.1. The van der Waals surface area contributed by atoms with Crippen molar-refractivity contribution >= 4 is 17.0 Å². The maximum absolute atomic E-state index is 13.4. The van der Waals surface area contributed by atoms with Gasteiger partial charge in [-0.05, 0) is 43.3 Å². The van der Waals surface area contributed by atoms with Gasteiger partial charge in [-0.3, -0.25) is 4.99 Å². The van der Waals surface area contributed by atoms with E-state index in [4.69, 9.17) is 19.3 Å². The zero-order valence-electron chi connectivity index (χ0n) is 17.9. The summed E-state index contributed by atoms with van der Waals surface area (Å²) < 4.78 is 31.5. The molecule has 31 heavy (non-hydrogen) atoms. The number of rotatable bonds is 8. The molecule has 0 aliphatic carbocycles. The van der Waals surface area contributed by atoms with Gasteiger partial charge in [-0.1, -0.05) is 6.08 Å². The first-order valence-electron chi connectivity index (χ1n) is 9.46. The quantitative estimate of drug-likeness (QED) is 0.375. The van der Waals surface area contributed by atoms with Crippen LogP contribution >= 0.6 is 11.3 Å². The van der Waals surface area contributed by atoms with Crippen LogP contribution in [0.2, 0.25) is 0 Å². The minimum atomic E-state index is -0.292. The number of halogens is 1. The van der Waals surface area contributed by atoms with Crippen LogP contribution in [0.1, 0.15) is 12.5 Å². The third kappa shape index (κ3) is 4.86. The van der Waals surface area contributed by atoms with Crippen molar-refractivity contribution in [3.8, 4) is 28.5 Å². The zero-order chi connectivity index (χ0) is 22.4. The van der Waals surface area contributed by atoms with Crippen molar-refractivity contribution < 1.29 is 18.6 Å². The normalized spacial score (nSPS) is 12.0. The molecule has 1 heterocycles. The Labute approximate surface area is 184 Å². The van der Waals surface area contributed by atoms with Gasteiger partial charge in [0, 0.05) is 16.5 Å². The molecule has 0 aliphatic rings. The van der Waals surface area contributed by atoms with E-state index in [1.165, 1.54) is 23.5 Å². The van der Waals surface area contributed by atoms with Crippen molar-refractivity contribution in [2.75, 3.05) is 27.9 Å². The Hall–Kier alpha value is -3.39. The molecule has 1 aromatic heterocycles. The van der Waals surface area contributed by atoms with Gasteiger partial charge in [-0.15, -0.1) is 17.9 Å². The smallest absolute Gasteiger partial charge is 0.206 e. The average molecular weight is 442 g/mol. The van der Waals surface area contributed by atoms with Gasteiger partial charge in [0.25, 0.3) is 0 Å². The van der Waals surface area contributed by atoms with Crippen LogP contribution in [0.3, 0.4) is 0 Å². The van der Waals surface area contributed by atoms with E-state index in [0.29, 0.717) is 34.3 Å². The van der Waals surface area contributed by atoms with Crippen LogP contribution in [0.5, 0.6) is 17.2 Å². The fourth-order valence-electron chi connectivity index (χ4n) is 2.96. The standard InChI is InChI=1S/C23H24FN3O3S/c1-6-11-25-23-27(19(14-31-23)16-7-9-18(24)10-8-16)26-15(2)17-12-20(28-3)22(30-5)21(13-17)29-4/h6-10,12-14H,1,11H2,2-5H3. The minimum absolute atomic E-state index is 0.292. The highest BCUT2D eigenvalue weighted by Gasteiger charge is 2.15. The maximum atomic E-state index is 13.4. The second-order valence-corrected chi connectivity index (χ2v) is 7.29. The van der Waals surface area contributed by atoms with Gasteiger partial charge >= 0.3 is 0 Å². The highest BCUT2D eigenvalue weighted by molar-refractivity contribution is 7.07. The predicted octanol–water partition coefficient (Wildman–Crippen LogP) is 4.74. The summed E-state index contributed by atoms with van der Waals surface area (Å²) in [6, 6.07) is 9.96. The van der Waals surface area contributed by atoms with E-state index in [0.717, 1.165) is 16.8 Å². The molecule has 3 aromatic rings. The minimum Gasteiger partial charge on any atom is -0.493 e. The van der Waals surface area contributed by atoms with Crippen molar-refractivity contribution in [3.63, 3.8) is 0 Å². The van der Waals surface area contributed by atoms with Gasteiger partial charge in [0.2, 0.25) is 10.6 Å². The molecule has 0 fully saturated rings. The highest BCUT2D eigenvalue weighted by Crippen LogP contribution is 2.38. The van der Waals surface area contributed by atoms with E-state index in [1.807, 2.05) is 24.4 Å². The number of ether oxygens (including phenoxy) is 3. The van der Waals surface area contributed by atoms with Crippen LogP contribution in [0.15, 0.2) is 64.5 Å². The number of hydrogen-bond donors (Lipinski definition) is 0. The van der Waals surface area contributed by atoms with Crippen molar-refractivity contribution in [1.29, 1.82) is 0 Å². The van der Waals surface area contributed by atoms with Crippen LogP contribution in [-0.4, -0.2) is 38.3 Å². The molecule has 6 nitrogen and oxygen atoms in total. The molecule has 2 aromatic carbocycles. The summed E-state index contributed by atoms with van der Waals surface area (Å²) in [5, 5.41) is 6.76. The van der Waals surface area contributed by atoms with Crippen molar-refractivity contribution in [1.82, 2.24) is 4.68 Å². The molecule has 0 unspecified atom stereocenters. The Kier molecular flexibility index (Phi) is 7.25. The molecule has 0 spiro atoms. The molecule has 0 aliphatic heterocycles. The summed E-state index contributed by atoms with van der Waals surface area (Å²) in [4.78, 5) is 5.24. The van der Waals surface area contributed by atoms with Gasteiger partial charge in [0.05, 0.1) is 39.3 Å². The largest absolute Gasteiger partial charge is 0.493 e. The number of hydrogen-bond acceptors (Lipinski definition) is 6. The number of benzene rings is 2. The topological polar surface area (TPSA) is 57.3 Å². The highest BCUT2D eigenvalue weighted by atomic mass is 32.1. The predicted molar refractivity (Wildman–Crippen MR) is 122 cm³/mol. The lowest BCUT2D eigenvalue weighted by molar-refractivity contribution is 0.324. The molecule has 162 valence electrons. The first kappa shape index (κ1) is 22.3. The Morgan fingerprint density at radius 3 is 2.29 bits per heavy atom. The Morgan fingerprint density at radius 1 is 1.10 bits per heavy atom. The fourth-order valence-corrected chi connectivity index (χ4v) is 3.80. The van der Waals surface area contributed by atoms with Crippen molar-refractivity contribution in [2.24, 2.45) is 10.1 Å². The SMILES string of the molecule is C=CCN=c1scc(-c2ccc(F)cc2)n1N=C(C)c1cc(OC)c(OC)c(OC)c1. The summed E-state index contributed by atoms with van der Waals surface area (Å²) in [5.41, 5.74) is 3.15. The number of aromatic nitrogens is 1. The molecule has 8 heteroatoms. The molecule has 0 saturated carbocycles. The third-order valence-corrected chi connectivity index (χ3v) is 5.37.